The van der Waals surface area contributed by atoms with Crippen LogP contribution in [0.1, 0.15) is 46.5 Å². The maximum absolute atomic E-state index is 12.7. The molecule has 1 N–H and O–H groups in total. The van der Waals surface area contributed by atoms with Gasteiger partial charge in [-0.2, -0.15) is 0 Å². The summed E-state index contributed by atoms with van der Waals surface area (Å²) in [4.78, 5) is 29.3. The summed E-state index contributed by atoms with van der Waals surface area (Å²) in [6, 6.07) is 2.94. The zero-order valence-electron chi connectivity index (χ0n) is 12.5. The predicted octanol–water partition coefficient (Wildman–Crippen LogP) is 1.81. The Morgan fingerprint density at radius 1 is 1.27 bits per heavy atom. The molecule has 0 atom stereocenters. The van der Waals surface area contributed by atoms with Crippen LogP contribution < -0.4 is 0 Å². The number of rotatable bonds is 2. The number of ether oxygens (including phenoxy) is 1. The Bertz CT molecular complexity index is 576. The molecule has 1 aromatic heterocycles. The zero-order valence-corrected chi connectivity index (χ0v) is 12.5. The number of likely N-dealkylation sites (tertiary alicyclic amines) is 1. The second-order valence-electron chi connectivity index (χ2n) is 6.18. The lowest BCUT2D eigenvalue weighted by atomic mass is 9.74. The lowest BCUT2D eigenvalue weighted by Gasteiger charge is -2.45. The lowest BCUT2D eigenvalue weighted by Crippen LogP contribution is -2.48. The molecule has 1 spiro atoms. The second-order valence-corrected chi connectivity index (χ2v) is 6.18. The largest absolute Gasteiger partial charge is 0.477 e. The van der Waals surface area contributed by atoms with Crippen LogP contribution in [-0.2, 0) is 4.74 Å². The molecule has 2 aliphatic rings. The van der Waals surface area contributed by atoms with Crippen molar-refractivity contribution in [3.8, 4) is 0 Å². The smallest absolute Gasteiger partial charge is 0.354 e. The number of carbonyl (C=O) groups is 2. The van der Waals surface area contributed by atoms with Crippen LogP contribution in [0.2, 0.25) is 0 Å². The van der Waals surface area contributed by atoms with E-state index in [0.29, 0.717) is 5.56 Å². The van der Waals surface area contributed by atoms with Crippen molar-refractivity contribution < 1.29 is 19.4 Å². The maximum Gasteiger partial charge on any atom is 0.354 e. The van der Waals surface area contributed by atoms with Gasteiger partial charge in [-0.25, -0.2) is 9.78 Å². The second kappa shape index (κ2) is 6.04. The molecular weight excluding hydrogens is 284 g/mol. The van der Waals surface area contributed by atoms with Crippen molar-refractivity contribution in [1.82, 2.24) is 9.88 Å². The fraction of sp³-hybridized carbons (Fsp3) is 0.562. The van der Waals surface area contributed by atoms with E-state index in [-0.39, 0.29) is 17.0 Å². The van der Waals surface area contributed by atoms with Gasteiger partial charge in [0.2, 0.25) is 0 Å². The lowest BCUT2D eigenvalue weighted by molar-refractivity contribution is -0.0229. The van der Waals surface area contributed by atoms with Crippen molar-refractivity contribution in [1.29, 1.82) is 0 Å². The molecule has 6 nitrogen and oxygen atoms in total. The minimum absolute atomic E-state index is 0.0939. The van der Waals surface area contributed by atoms with Crippen LogP contribution in [0.3, 0.4) is 0 Å². The first-order chi connectivity index (χ1) is 10.6. The van der Waals surface area contributed by atoms with E-state index in [4.69, 9.17) is 9.84 Å². The van der Waals surface area contributed by atoms with E-state index in [0.717, 1.165) is 52.0 Å². The van der Waals surface area contributed by atoms with Gasteiger partial charge < -0.3 is 14.7 Å². The minimum Gasteiger partial charge on any atom is -0.477 e. The molecule has 2 saturated heterocycles. The van der Waals surface area contributed by atoms with Crippen molar-refractivity contribution in [3.05, 3.63) is 29.6 Å². The van der Waals surface area contributed by atoms with Crippen LogP contribution in [0.15, 0.2) is 18.3 Å². The monoisotopic (exact) mass is 304 g/mol. The Morgan fingerprint density at radius 3 is 2.77 bits per heavy atom. The van der Waals surface area contributed by atoms with Gasteiger partial charge in [-0.1, -0.05) is 0 Å². The van der Waals surface area contributed by atoms with Crippen LogP contribution in [0.25, 0.3) is 0 Å². The highest BCUT2D eigenvalue weighted by atomic mass is 16.5. The molecule has 0 radical (unpaired) electrons. The van der Waals surface area contributed by atoms with E-state index in [2.05, 4.69) is 4.98 Å². The summed E-state index contributed by atoms with van der Waals surface area (Å²) in [5.41, 5.74) is 0.481. The molecule has 3 rings (SSSR count). The van der Waals surface area contributed by atoms with Gasteiger partial charge in [-0.15, -0.1) is 0 Å². The number of aromatic carboxylic acids is 1. The SMILES string of the molecule is O=C(O)c1cc(C(=O)N2CCCC3(CCOCC3)C2)ccn1. The molecule has 2 aliphatic heterocycles. The van der Waals surface area contributed by atoms with Gasteiger partial charge in [-0.05, 0) is 43.2 Å². The molecule has 0 aromatic carbocycles. The summed E-state index contributed by atoms with van der Waals surface area (Å²) in [7, 11) is 0. The zero-order chi connectivity index (χ0) is 15.6. The number of carbonyl (C=O) groups excluding carboxylic acids is 1. The molecule has 6 heteroatoms. The van der Waals surface area contributed by atoms with Crippen molar-refractivity contribution in [2.75, 3.05) is 26.3 Å². The van der Waals surface area contributed by atoms with Crippen LogP contribution >= 0.6 is 0 Å². The maximum atomic E-state index is 12.7. The average Bonchev–Trinajstić information content (AvgIpc) is 2.55. The summed E-state index contributed by atoms with van der Waals surface area (Å²) >= 11 is 0. The first kappa shape index (κ1) is 15.0. The summed E-state index contributed by atoms with van der Waals surface area (Å²) in [6.07, 6.45) is 5.49. The van der Waals surface area contributed by atoms with Crippen molar-refractivity contribution in [2.24, 2.45) is 5.41 Å². The molecule has 0 aliphatic carbocycles. The fourth-order valence-electron chi connectivity index (χ4n) is 3.46. The summed E-state index contributed by atoms with van der Waals surface area (Å²) in [5.74, 6) is -1.22. The molecule has 0 unspecified atom stereocenters. The first-order valence-electron chi connectivity index (χ1n) is 7.66. The van der Waals surface area contributed by atoms with Crippen LogP contribution in [0.4, 0.5) is 0 Å². The van der Waals surface area contributed by atoms with E-state index in [1.165, 1.54) is 12.3 Å². The Labute approximate surface area is 129 Å². The van der Waals surface area contributed by atoms with Crippen LogP contribution in [0.5, 0.6) is 0 Å². The Kier molecular flexibility index (Phi) is 4.11. The van der Waals surface area contributed by atoms with Crippen LogP contribution in [-0.4, -0.2) is 53.2 Å². The topological polar surface area (TPSA) is 79.7 Å². The summed E-state index contributed by atoms with van der Waals surface area (Å²) < 4.78 is 5.44. The van der Waals surface area contributed by atoms with E-state index < -0.39 is 5.97 Å². The van der Waals surface area contributed by atoms with Gasteiger partial charge in [0.25, 0.3) is 5.91 Å². The van der Waals surface area contributed by atoms with E-state index in [1.807, 2.05) is 4.90 Å². The molecule has 118 valence electrons. The Hall–Kier alpha value is -1.95. The molecule has 3 heterocycles. The first-order valence-corrected chi connectivity index (χ1v) is 7.66. The highest BCUT2D eigenvalue weighted by molar-refractivity contribution is 5.96. The molecule has 1 aromatic rings. The van der Waals surface area contributed by atoms with Gasteiger partial charge in [0, 0.05) is 38.1 Å². The van der Waals surface area contributed by atoms with Gasteiger partial charge in [0.05, 0.1) is 0 Å². The molecule has 1 amide bonds. The fourth-order valence-corrected chi connectivity index (χ4v) is 3.46. The quantitative estimate of drug-likeness (QED) is 0.901. The van der Waals surface area contributed by atoms with E-state index in [1.54, 1.807) is 6.07 Å². The van der Waals surface area contributed by atoms with Crippen LogP contribution in [0, 0.1) is 5.41 Å². The Morgan fingerprint density at radius 2 is 2.05 bits per heavy atom. The number of aromatic nitrogens is 1. The number of nitrogens with zero attached hydrogens (tertiary/aromatic N) is 2. The van der Waals surface area contributed by atoms with E-state index >= 15 is 0 Å². The molecule has 0 saturated carbocycles. The minimum atomic E-state index is -1.12. The molecular formula is C16H20N2O4. The number of amides is 1. The summed E-state index contributed by atoms with van der Waals surface area (Å²) in [5, 5.41) is 9.00. The third-order valence-corrected chi connectivity index (χ3v) is 4.73. The van der Waals surface area contributed by atoms with E-state index in [9.17, 15) is 9.59 Å². The number of hydrogen-bond donors (Lipinski definition) is 1. The van der Waals surface area contributed by atoms with Gasteiger partial charge >= 0.3 is 5.97 Å². The normalized spacial score (nSPS) is 20.8. The number of piperidine rings is 1. The van der Waals surface area contributed by atoms with Crippen molar-refractivity contribution >= 4 is 11.9 Å². The summed E-state index contributed by atoms with van der Waals surface area (Å²) in [6.45, 7) is 2.99. The number of carboxylic acid groups (broad SMARTS) is 1. The van der Waals surface area contributed by atoms with Gasteiger partial charge in [0.1, 0.15) is 5.69 Å². The van der Waals surface area contributed by atoms with Gasteiger partial charge in [0.15, 0.2) is 0 Å². The number of carboxylic acids is 1. The molecule has 2 fully saturated rings. The van der Waals surface area contributed by atoms with Gasteiger partial charge in [-0.3, -0.25) is 4.79 Å². The third-order valence-electron chi connectivity index (χ3n) is 4.73. The highest BCUT2D eigenvalue weighted by Gasteiger charge is 2.38. The van der Waals surface area contributed by atoms with Crippen molar-refractivity contribution in [2.45, 2.75) is 25.7 Å². The standard InChI is InChI=1S/C16H20N2O4/c19-14(12-2-6-17-13(10-12)15(20)21)18-7-1-3-16(11-18)4-8-22-9-5-16/h2,6,10H,1,3-5,7-9,11H2,(H,20,21). The number of hydrogen-bond acceptors (Lipinski definition) is 4. The molecule has 22 heavy (non-hydrogen) atoms. The number of pyridine rings is 1. The third kappa shape index (κ3) is 2.97. The predicted molar refractivity (Wildman–Crippen MR) is 78.8 cm³/mol. The van der Waals surface area contributed by atoms with Crippen molar-refractivity contribution in [3.63, 3.8) is 0 Å². The Balaban J connectivity index is 1.76. The average molecular weight is 304 g/mol. The molecule has 0 bridgehead atoms. The highest BCUT2D eigenvalue weighted by Crippen LogP contribution is 2.39.